The molecule has 19 heavy (non-hydrogen) atoms. The fourth-order valence-corrected chi connectivity index (χ4v) is 2.20. The van der Waals surface area contributed by atoms with Crippen LogP contribution in [0.25, 0.3) is 0 Å². The first-order valence-corrected chi connectivity index (χ1v) is 6.47. The number of aromatic nitrogens is 1. The average molecular weight is 321 g/mol. The molecule has 0 aliphatic rings. The predicted octanol–water partition coefficient (Wildman–Crippen LogP) is 3.41. The molecule has 98 valence electrons. The highest BCUT2D eigenvalue weighted by atomic mass is 79.9. The molecule has 1 aromatic heterocycles. The third kappa shape index (κ3) is 3.12. The van der Waals surface area contributed by atoms with E-state index in [1.807, 2.05) is 19.1 Å². The smallest absolute Gasteiger partial charge is 0.260 e. The third-order valence-electron chi connectivity index (χ3n) is 2.56. The summed E-state index contributed by atoms with van der Waals surface area (Å²) in [5.74, 6) is 0.763. The minimum atomic E-state index is -0.255. The lowest BCUT2D eigenvalue weighted by Gasteiger charge is -2.09. The molecule has 4 nitrogen and oxygen atoms in total. The van der Waals surface area contributed by atoms with E-state index in [4.69, 9.17) is 4.74 Å². The van der Waals surface area contributed by atoms with Crippen LogP contribution in [0, 0.1) is 6.92 Å². The van der Waals surface area contributed by atoms with E-state index in [1.54, 1.807) is 24.4 Å². The Hall–Kier alpha value is -1.88. The number of pyridine rings is 1. The Morgan fingerprint density at radius 2 is 2.11 bits per heavy atom. The summed E-state index contributed by atoms with van der Waals surface area (Å²) in [5.41, 5.74) is 1.49. The lowest BCUT2D eigenvalue weighted by molar-refractivity contribution is 0.102. The molecule has 1 heterocycles. The van der Waals surface area contributed by atoms with Crippen molar-refractivity contribution < 1.29 is 9.53 Å². The maximum absolute atomic E-state index is 12.2. The molecule has 0 aliphatic heterocycles. The number of nitrogens with one attached hydrogen (secondary N) is 1. The van der Waals surface area contributed by atoms with Crippen LogP contribution in [0.3, 0.4) is 0 Å². The molecule has 0 saturated carbocycles. The van der Waals surface area contributed by atoms with Crippen LogP contribution in [0.2, 0.25) is 0 Å². The average Bonchev–Trinajstić information content (AvgIpc) is 2.41. The minimum absolute atomic E-state index is 0.255. The molecule has 0 fully saturated rings. The largest absolute Gasteiger partial charge is 0.496 e. The molecular weight excluding hydrogens is 308 g/mol. The fraction of sp³-hybridized carbons (Fsp3) is 0.143. The fourth-order valence-electron chi connectivity index (χ4n) is 1.63. The molecule has 0 radical (unpaired) electrons. The number of hydrogen-bond acceptors (Lipinski definition) is 3. The van der Waals surface area contributed by atoms with Crippen molar-refractivity contribution in [3.05, 3.63) is 52.1 Å². The number of carbonyl (C=O) groups excluding carboxylic acids is 1. The number of aryl methyl sites for hydroxylation is 1. The number of halogens is 1. The molecule has 0 spiro atoms. The van der Waals surface area contributed by atoms with Gasteiger partial charge in [-0.1, -0.05) is 12.1 Å². The Morgan fingerprint density at radius 1 is 1.37 bits per heavy atom. The molecule has 1 N–H and O–H groups in total. The van der Waals surface area contributed by atoms with Crippen molar-refractivity contribution in [2.24, 2.45) is 0 Å². The van der Waals surface area contributed by atoms with Crippen LogP contribution in [-0.2, 0) is 0 Å². The van der Waals surface area contributed by atoms with E-state index in [9.17, 15) is 4.79 Å². The lowest BCUT2D eigenvalue weighted by Crippen LogP contribution is -2.14. The summed E-state index contributed by atoms with van der Waals surface area (Å²) < 4.78 is 5.91. The standard InChI is InChI=1S/C14H13BrN2O2/c1-9-7-11(15)13(16-8-9)17-14(18)10-5-3-4-6-12(10)19-2/h3-8H,1-2H3,(H,16,17,18). The van der Waals surface area contributed by atoms with Crippen molar-refractivity contribution in [3.63, 3.8) is 0 Å². The van der Waals surface area contributed by atoms with Gasteiger partial charge in [-0.15, -0.1) is 0 Å². The van der Waals surface area contributed by atoms with Crippen LogP contribution in [0.4, 0.5) is 5.82 Å². The van der Waals surface area contributed by atoms with Crippen LogP contribution in [0.15, 0.2) is 41.0 Å². The van der Waals surface area contributed by atoms with Crippen molar-refractivity contribution in [1.82, 2.24) is 4.98 Å². The van der Waals surface area contributed by atoms with Crippen LogP contribution >= 0.6 is 15.9 Å². The van der Waals surface area contributed by atoms with Gasteiger partial charge in [0.2, 0.25) is 0 Å². The summed E-state index contributed by atoms with van der Waals surface area (Å²) in [6, 6.07) is 8.94. The first kappa shape index (κ1) is 13.5. The summed E-state index contributed by atoms with van der Waals surface area (Å²) in [6.45, 7) is 1.93. The minimum Gasteiger partial charge on any atom is -0.496 e. The summed E-state index contributed by atoms with van der Waals surface area (Å²) >= 11 is 3.38. The molecule has 0 unspecified atom stereocenters. The Bertz CT molecular complexity index is 614. The SMILES string of the molecule is COc1ccccc1C(=O)Nc1ncc(C)cc1Br. The maximum Gasteiger partial charge on any atom is 0.260 e. The van der Waals surface area contributed by atoms with E-state index in [1.165, 1.54) is 7.11 Å². The summed E-state index contributed by atoms with van der Waals surface area (Å²) in [7, 11) is 1.53. The van der Waals surface area contributed by atoms with Crippen molar-refractivity contribution in [3.8, 4) is 5.75 Å². The van der Waals surface area contributed by atoms with Crippen molar-refractivity contribution >= 4 is 27.7 Å². The number of methoxy groups -OCH3 is 1. The molecule has 0 atom stereocenters. The van der Waals surface area contributed by atoms with E-state index >= 15 is 0 Å². The van der Waals surface area contributed by atoms with Gasteiger partial charge in [0, 0.05) is 6.20 Å². The van der Waals surface area contributed by atoms with Crippen LogP contribution in [-0.4, -0.2) is 18.0 Å². The number of anilines is 1. The highest BCUT2D eigenvalue weighted by Gasteiger charge is 2.13. The lowest BCUT2D eigenvalue weighted by atomic mass is 10.2. The van der Waals surface area contributed by atoms with E-state index in [0.717, 1.165) is 10.0 Å². The molecule has 2 aromatic rings. The van der Waals surface area contributed by atoms with Crippen LogP contribution in [0.5, 0.6) is 5.75 Å². The predicted molar refractivity (Wildman–Crippen MR) is 77.6 cm³/mol. The van der Waals surface area contributed by atoms with Gasteiger partial charge in [0.25, 0.3) is 5.91 Å². The molecule has 1 aromatic carbocycles. The second-order valence-corrected chi connectivity index (χ2v) is 4.85. The topological polar surface area (TPSA) is 51.2 Å². The van der Waals surface area contributed by atoms with Crippen molar-refractivity contribution in [2.45, 2.75) is 6.92 Å². The molecule has 2 rings (SSSR count). The van der Waals surface area contributed by atoms with Gasteiger partial charge in [-0.3, -0.25) is 4.79 Å². The second-order valence-electron chi connectivity index (χ2n) is 4.00. The first-order valence-electron chi connectivity index (χ1n) is 5.68. The molecule has 0 aliphatic carbocycles. The number of benzene rings is 1. The van der Waals surface area contributed by atoms with Gasteiger partial charge in [0.1, 0.15) is 11.6 Å². The normalized spacial score (nSPS) is 10.1. The number of amides is 1. The highest BCUT2D eigenvalue weighted by Crippen LogP contribution is 2.23. The molecule has 0 bridgehead atoms. The van der Waals surface area contributed by atoms with Gasteiger partial charge in [-0.2, -0.15) is 0 Å². The number of para-hydroxylation sites is 1. The Morgan fingerprint density at radius 3 is 2.79 bits per heavy atom. The summed E-state index contributed by atoms with van der Waals surface area (Å²) in [4.78, 5) is 16.4. The zero-order valence-corrected chi connectivity index (χ0v) is 12.2. The third-order valence-corrected chi connectivity index (χ3v) is 3.17. The van der Waals surface area contributed by atoms with Gasteiger partial charge < -0.3 is 10.1 Å². The van der Waals surface area contributed by atoms with E-state index in [-0.39, 0.29) is 5.91 Å². The molecule has 1 amide bonds. The second kappa shape index (κ2) is 5.84. The van der Waals surface area contributed by atoms with Crippen molar-refractivity contribution in [1.29, 1.82) is 0 Å². The van der Waals surface area contributed by atoms with Crippen LogP contribution < -0.4 is 10.1 Å². The van der Waals surface area contributed by atoms with Gasteiger partial charge in [0.05, 0.1) is 17.1 Å². The Kier molecular flexibility index (Phi) is 4.16. The van der Waals surface area contributed by atoms with E-state index < -0.39 is 0 Å². The Labute approximate surface area is 119 Å². The zero-order chi connectivity index (χ0) is 13.8. The quantitative estimate of drug-likeness (QED) is 0.942. The van der Waals surface area contributed by atoms with Gasteiger partial charge >= 0.3 is 0 Å². The van der Waals surface area contributed by atoms with Gasteiger partial charge in [0.15, 0.2) is 0 Å². The van der Waals surface area contributed by atoms with Crippen LogP contribution in [0.1, 0.15) is 15.9 Å². The zero-order valence-electron chi connectivity index (χ0n) is 10.6. The van der Waals surface area contributed by atoms with Gasteiger partial charge in [-0.05, 0) is 46.6 Å². The van der Waals surface area contributed by atoms with Crippen molar-refractivity contribution in [2.75, 3.05) is 12.4 Å². The number of nitrogens with zero attached hydrogens (tertiary/aromatic N) is 1. The molecule has 0 saturated heterocycles. The number of hydrogen-bond donors (Lipinski definition) is 1. The summed E-state index contributed by atoms with van der Waals surface area (Å²) in [5, 5.41) is 2.75. The Balaban J connectivity index is 2.26. The number of ether oxygens (including phenoxy) is 1. The number of carbonyl (C=O) groups is 1. The summed E-state index contributed by atoms with van der Waals surface area (Å²) in [6.07, 6.45) is 1.70. The monoisotopic (exact) mass is 320 g/mol. The van der Waals surface area contributed by atoms with E-state index in [0.29, 0.717) is 17.1 Å². The maximum atomic E-state index is 12.2. The molecular formula is C14H13BrN2O2. The van der Waals surface area contributed by atoms with Gasteiger partial charge in [-0.25, -0.2) is 4.98 Å². The first-order chi connectivity index (χ1) is 9.11. The number of rotatable bonds is 3. The highest BCUT2D eigenvalue weighted by molar-refractivity contribution is 9.10. The molecule has 5 heteroatoms. The van der Waals surface area contributed by atoms with E-state index in [2.05, 4.69) is 26.2 Å².